The normalized spacial score (nSPS) is 12.2. The first-order valence-corrected chi connectivity index (χ1v) is 7.22. The van der Waals surface area contributed by atoms with Gasteiger partial charge in [-0.25, -0.2) is 13.8 Å². The van der Waals surface area contributed by atoms with Crippen LogP contribution in [-0.4, -0.2) is 28.6 Å². The number of hydrogen-bond acceptors (Lipinski definition) is 4. The van der Waals surface area contributed by atoms with Gasteiger partial charge in [-0.05, 0) is 31.5 Å². The minimum absolute atomic E-state index is 0.0153. The van der Waals surface area contributed by atoms with Gasteiger partial charge in [0.05, 0.1) is 0 Å². The van der Waals surface area contributed by atoms with Crippen LogP contribution >= 0.6 is 11.3 Å². The molecule has 0 bridgehead atoms. The molecule has 2 aromatic rings. The van der Waals surface area contributed by atoms with Crippen LogP contribution in [0.25, 0.3) is 10.6 Å². The molecule has 0 radical (unpaired) electrons. The summed E-state index contributed by atoms with van der Waals surface area (Å²) in [7, 11) is 0. The maximum Gasteiger partial charge on any atom is 0.270 e. The zero-order valence-electron chi connectivity index (χ0n) is 11.3. The van der Waals surface area contributed by atoms with Crippen LogP contribution in [0.5, 0.6) is 0 Å². The number of benzene rings is 1. The highest BCUT2D eigenvalue weighted by atomic mass is 32.1. The van der Waals surface area contributed by atoms with E-state index >= 15 is 0 Å². The Labute approximate surface area is 124 Å². The van der Waals surface area contributed by atoms with Gasteiger partial charge in [-0.2, -0.15) is 0 Å². The second kappa shape index (κ2) is 6.73. The van der Waals surface area contributed by atoms with E-state index in [1.54, 1.807) is 12.3 Å². The molecule has 1 heterocycles. The average molecular weight is 312 g/mol. The highest BCUT2D eigenvalue weighted by Gasteiger charge is 2.14. The third-order valence-electron chi connectivity index (χ3n) is 2.84. The van der Waals surface area contributed by atoms with Crippen molar-refractivity contribution in [2.24, 2.45) is 0 Å². The molecule has 0 saturated carbocycles. The van der Waals surface area contributed by atoms with Crippen molar-refractivity contribution in [3.05, 3.63) is 40.9 Å². The molecular formula is C14H14F2N2O2S. The van der Waals surface area contributed by atoms with Gasteiger partial charge in [0, 0.05) is 23.6 Å². The Hall–Kier alpha value is -1.86. The summed E-state index contributed by atoms with van der Waals surface area (Å²) in [5, 5.41) is 13.5. The molecule has 112 valence electrons. The maximum absolute atomic E-state index is 13.2. The van der Waals surface area contributed by atoms with Crippen LogP contribution in [-0.2, 0) is 0 Å². The van der Waals surface area contributed by atoms with Gasteiger partial charge in [0.15, 0.2) is 11.6 Å². The number of aromatic nitrogens is 1. The number of rotatable bonds is 5. The number of halogens is 2. The minimum atomic E-state index is -0.953. The molecule has 1 aromatic heterocycles. The van der Waals surface area contributed by atoms with E-state index in [9.17, 15) is 13.6 Å². The van der Waals surface area contributed by atoms with Gasteiger partial charge in [0.25, 0.3) is 5.91 Å². The van der Waals surface area contributed by atoms with Crippen LogP contribution in [0, 0.1) is 11.6 Å². The summed E-state index contributed by atoms with van der Waals surface area (Å²) in [6.45, 7) is 1.76. The van der Waals surface area contributed by atoms with E-state index in [1.807, 2.05) is 0 Å². The second-order valence-corrected chi connectivity index (χ2v) is 5.41. The Bertz CT molecular complexity index is 646. The third-order valence-corrected chi connectivity index (χ3v) is 3.73. The molecule has 1 aromatic carbocycles. The van der Waals surface area contributed by atoms with Gasteiger partial charge < -0.3 is 10.4 Å². The molecule has 2 rings (SSSR count). The topological polar surface area (TPSA) is 62.2 Å². The van der Waals surface area contributed by atoms with Crippen LogP contribution in [0.3, 0.4) is 0 Å². The molecule has 0 spiro atoms. The minimum Gasteiger partial charge on any atom is -0.396 e. The summed E-state index contributed by atoms with van der Waals surface area (Å²) in [5.74, 6) is -2.24. The molecule has 0 aliphatic heterocycles. The van der Waals surface area contributed by atoms with Crippen molar-refractivity contribution in [3.8, 4) is 10.6 Å². The lowest BCUT2D eigenvalue weighted by Gasteiger charge is -2.10. The molecule has 1 amide bonds. The molecule has 4 nitrogen and oxygen atoms in total. The van der Waals surface area contributed by atoms with Crippen molar-refractivity contribution in [3.63, 3.8) is 0 Å². The third kappa shape index (κ3) is 3.83. The Balaban J connectivity index is 2.13. The van der Waals surface area contributed by atoms with Crippen LogP contribution in [0.4, 0.5) is 8.78 Å². The lowest BCUT2D eigenvalue weighted by molar-refractivity contribution is 0.0930. The zero-order chi connectivity index (χ0) is 15.4. The smallest absolute Gasteiger partial charge is 0.270 e. The van der Waals surface area contributed by atoms with Gasteiger partial charge in [0.1, 0.15) is 10.7 Å². The number of thiazole rings is 1. The first-order chi connectivity index (χ1) is 10.0. The van der Waals surface area contributed by atoms with E-state index in [2.05, 4.69) is 10.3 Å². The van der Waals surface area contributed by atoms with Gasteiger partial charge in [-0.15, -0.1) is 11.3 Å². The monoisotopic (exact) mass is 312 g/mol. The largest absolute Gasteiger partial charge is 0.396 e. The summed E-state index contributed by atoms with van der Waals surface area (Å²) in [4.78, 5) is 16.0. The van der Waals surface area contributed by atoms with Crippen molar-refractivity contribution in [1.29, 1.82) is 0 Å². The van der Waals surface area contributed by atoms with Crippen LogP contribution < -0.4 is 5.32 Å². The number of carbonyl (C=O) groups is 1. The fraction of sp³-hybridized carbons (Fsp3) is 0.286. The standard InChI is InChI=1S/C14H14F2N2O2S/c1-8(4-5-19)17-13(20)12-7-21-14(18-12)9-2-3-10(15)11(16)6-9/h2-3,6-8,19H,4-5H2,1H3,(H,17,20). The molecule has 0 fully saturated rings. The molecule has 1 atom stereocenters. The van der Waals surface area contributed by atoms with E-state index in [0.29, 0.717) is 17.0 Å². The molecule has 21 heavy (non-hydrogen) atoms. The SMILES string of the molecule is CC(CCO)NC(=O)c1csc(-c2ccc(F)c(F)c2)n1. The Kier molecular flexibility index (Phi) is 4.98. The van der Waals surface area contributed by atoms with Gasteiger partial charge >= 0.3 is 0 Å². The molecule has 0 aliphatic rings. The number of hydrogen-bond donors (Lipinski definition) is 2. The lowest BCUT2D eigenvalue weighted by atomic mass is 10.2. The number of aliphatic hydroxyl groups excluding tert-OH is 1. The number of nitrogens with one attached hydrogen (secondary N) is 1. The molecule has 7 heteroatoms. The van der Waals surface area contributed by atoms with Crippen LogP contribution in [0.1, 0.15) is 23.8 Å². The van der Waals surface area contributed by atoms with Crippen molar-refractivity contribution < 1.29 is 18.7 Å². The highest BCUT2D eigenvalue weighted by Crippen LogP contribution is 2.25. The van der Waals surface area contributed by atoms with Crippen molar-refractivity contribution in [2.75, 3.05) is 6.61 Å². The van der Waals surface area contributed by atoms with Gasteiger partial charge in [-0.1, -0.05) is 0 Å². The lowest BCUT2D eigenvalue weighted by Crippen LogP contribution is -2.33. The van der Waals surface area contributed by atoms with Crippen molar-refractivity contribution in [1.82, 2.24) is 10.3 Å². The first-order valence-electron chi connectivity index (χ1n) is 6.34. The number of aliphatic hydroxyl groups is 1. The predicted molar refractivity (Wildman–Crippen MR) is 76.1 cm³/mol. The van der Waals surface area contributed by atoms with Gasteiger partial charge in [-0.3, -0.25) is 4.79 Å². The fourth-order valence-electron chi connectivity index (χ4n) is 1.70. The zero-order valence-corrected chi connectivity index (χ0v) is 12.1. The molecule has 0 saturated heterocycles. The van der Waals surface area contributed by atoms with E-state index in [-0.39, 0.29) is 24.2 Å². The average Bonchev–Trinajstić information content (AvgIpc) is 2.92. The van der Waals surface area contributed by atoms with Crippen molar-refractivity contribution >= 4 is 17.2 Å². The van der Waals surface area contributed by atoms with Crippen LogP contribution in [0.15, 0.2) is 23.6 Å². The van der Waals surface area contributed by atoms with Gasteiger partial charge in [0.2, 0.25) is 0 Å². The molecule has 1 unspecified atom stereocenters. The summed E-state index contributed by atoms with van der Waals surface area (Å²) in [6, 6.07) is 3.31. The summed E-state index contributed by atoms with van der Waals surface area (Å²) in [6.07, 6.45) is 0.450. The summed E-state index contributed by atoms with van der Waals surface area (Å²) >= 11 is 1.18. The Morgan fingerprint density at radius 3 is 2.86 bits per heavy atom. The number of nitrogens with zero attached hydrogens (tertiary/aromatic N) is 1. The summed E-state index contributed by atoms with van der Waals surface area (Å²) < 4.78 is 26.1. The van der Waals surface area contributed by atoms with Crippen molar-refractivity contribution in [2.45, 2.75) is 19.4 Å². The first kappa shape index (κ1) is 15.5. The predicted octanol–water partition coefficient (Wildman–Crippen LogP) is 2.59. The maximum atomic E-state index is 13.2. The Morgan fingerprint density at radius 2 is 2.19 bits per heavy atom. The molecular weight excluding hydrogens is 298 g/mol. The molecule has 0 aliphatic carbocycles. The van der Waals surface area contributed by atoms with E-state index in [4.69, 9.17) is 5.11 Å². The quantitative estimate of drug-likeness (QED) is 0.892. The Morgan fingerprint density at radius 1 is 1.43 bits per heavy atom. The number of carbonyl (C=O) groups excluding carboxylic acids is 1. The van der Waals surface area contributed by atoms with Crippen LogP contribution in [0.2, 0.25) is 0 Å². The van der Waals surface area contributed by atoms with E-state index in [0.717, 1.165) is 12.1 Å². The van der Waals surface area contributed by atoms with E-state index < -0.39 is 11.6 Å². The molecule has 2 N–H and O–H groups in total. The highest BCUT2D eigenvalue weighted by molar-refractivity contribution is 7.13. The fourth-order valence-corrected chi connectivity index (χ4v) is 2.50. The number of amides is 1. The summed E-state index contributed by atoms with van der Waals surface area (Å²) in [5.41, 5.74) is 0.630. The van der Waals surface area contributed by atoms with E-state index in [1.165, 1.54) is 17.4 Å². The second-order valence-electron chi connectivity index (χ2n) is 4.55.